The van der Waals surface area contributed by atoms with Crippen molar-refractivity contribution >= 4 is 35.0 Å². The van der Waals surface area contributed by atoms with E-state index < -0.39 is 12.0 Å². The maximum absolute atomic E-state index is 14.1. The van der Waals surface area contributed by atoms with Crippen molar-refractivity contribution in [3.63, 3.8) is 0 Å². The number of carbonyl (C=O) groups is 2. The van der Waals surface area contributed by atoms with E-state index in [2.05, 4.69) is 5.32 Å². The predicted octanol–water partition coefficient (Wildman–Crippen LogP) is 5.90. The first-order valence-electron chi connectivity index (χ1n) is 12.9. The maximum Gasteiger partial charge on any atom is 0.255 e. The summed E-state index contributed by atoms with van der Waals surface area (Å²) in [5.41, 5.74) is 9.72. The molecule has 4 unspecified atom stereocenters. The Balaban J connectivity index is 1.57. The van der Waals surface area contributed by atoms with Crippen LogP contribution >= 0.6 is 23.2 Å². The van der Waals surface area contributed by atoms with Crippen LogP contribution in [0, 0.1) is 0 Å². The number of nitrogens with one attached hydrogen (secondary N) is 1. The first kappa shape index (κ1) is 25.8. The lowest BCUT2D eigenvalue weighted by Gasteiger charge is -2.48. The molecule has 7 heteroatoms. The first-order chi connectivity index (χ1) is 18.0. The summed E-state index contributed by atoms with van der Waals surface area (Å²) in [6, 6.07) is 21.8. The average molecular weight is 537 g/mol. The third-order valence-electron chi connectivity index (χ3n) is 7.63. The number of nitrogens with two attached hydrogens (primary N) is 1. The fourth-order valence-corrected chi connectivity index (χ4v) is 6.36. The van der Waals surface area contributed by atoms with Crippen molar-refractivity contribution in [1.82, 2.24) is 10.2 Å². The summed E-state index contributed by atoms with van der Waals surface area (Å²) in [4.78, 5) is 29.9. The number of carbonyl (C=O) groups excluding carboxylic acids is 2. The maximum atomic E-state index is 14.1. The second kappa shape index (κ2) is 11.3. The summed E-state index contributed by atoms with van der Waals surface area (Å²) >= 11 is 13.0. The van der Waals surface area contributed by atoms with E-state index in [9.17, 15) is 9.59 Å². The lowest BCUT2D eigenvalue weighted by molar-refractivity contribution is -0.124. The van der Waals surface area contributed by atoms with E-state index in [1.165, 1.54) is 0 Å². The van der Waals surface area contributed by atoms with Gasteiger partial charge in [0.05, 0.1) is 12.0 Å². The molecule has 0 spiro atoms. The van der Waals surface area contributed by atoms with Crippen LogP contribution in [-0.2, 0) is 11.2 Å². The molecule has 0 radical (unpaired) electrons. The summed E-state index contributed by atoms with van der Waals surface area (Å²) < 4.78 is 0. The zero-order chi connectivity index (χ0) is 25.9. The topological polar surface area (TPSA) is 75.4 Å². The Hall–Kier alpha value is -2.86. The molecule has 2 aliphatic rings. The minimum absolute atomic E-state index is 0.109. The van der Waals surface area contributed by atoms with Gasteiger partial charge in [0, 0.05) is 34.2 Å². The molecule has 0 saturated heterocycles. The van der Waals surface area contributed by atoms with Gasteiger partial charge in [0.25, 0.3) is 5.91 Å². The van der Waals surface area contributed by atoms with Gasteiger partial charge in [-0.05, 0) is 54.2 Å². The van der Waals surface area contributed by atoms with Gasteiger partial charge in [-0.25, -0.2) is 0 Å². The Morgan fingerprint density at radius 2 is 1.68 bits per heavy atom. The minimum atomic E-state index is -0.641. The quantitative estimate of drug-likeness (QED) is 0.412. The molecular weight excluding hydrogens is 505 g/mol. The van der Waals surface area contributed by atoms with Crippen LogP contribution < -0.4 is 11.1 Å². The molecule has 1 aliphatic heterocycles. The molecule has 4 atom stereocenters. The van der Waals surface area contributed by atoms with Crippen molar-refractivity contribution in [2.45, 2.75) is 56.1 Å². The highest BCUT2D eigenvalue weighted by Gasteiger charge is 2.48. The molecule has 3 aromatic carbocycles. The van der Waals surface area contributed by atoms with Crippen LogP contribution in [0.15, 0.2) is 72.8 Å². The van der Waals surface area contributed by atoms with E-state index in [0.29, 0.717) is 39.7 Å². The predicted molar refractivity (Wildman–Crippen MR) is 148 cm³/mol. The van der Waals surface area contributed by atoms with E-state index in [0.717, 1.165) is 31.2 Å². The molecule has 37 heavy (non-hydrogen) atoms. The highest BCUT2D eigenvalue weighted by molar-refractivity contribution is 6.35. The van der Waals surface area contributed by atoms with Crippen LogP contribution in [0.3, 0.4) is 0 Å². The molecule has 5 rings (SSSR count). The molecule has 3 N–H and O–H groups in total. The Bertz CT molecular complexity index is 1280. The molecule has 2 amide bonds. The molecule has 192 valence electrons. The van der Waals surface area contributed by atoms with Crippen LogP contribution in [0.25, 0.3) is 0 Å². The van der Waals surface area contributed by atoms with Gasteiger partial charge in [0.15, 0.2) is 0 Å². The number of rotatable bonds is 6. The second-order valence-corrected chi connectivity index (χ2v) is 10.8. The average Bonchev–Trinajstić information content (AvgIpc) is 2.90. The summed E-state index contributed by atoms with van der Waals surface area (Å²) in [6.07, 6.45) is 4.36. The Morgan fingerprint density at radius 1 is 0.946 bits per heavy atom. The molecule has 1 heterocycles. The van der Waals surface area contributed by atoms with Gasteiger partial charge in [-0.1, -0.05) is 90.6 Å². The lowest BCUT2D eigenvalue weighted by Crippen LogP contribution is -2.57. The van der Waals surface area contributed by atoms with Crippen molar-refractivity contribution in [2.75, 3.05) is 6.54 Å². The van der Waals surface area contributed by atoms with Crippen molar-refractivity contribution in [1.29, 1.82) is 0 Å². The molecule has 1 fully saturated rings. The van der Waals surface area contributed by atoms with E-state index in [1.54, 1.807) is 12.1 Å². The number of hydrogen-bond acceptors (Lipinski definition) is 3. The minimum Gasteiger partial charge on any atom is -0.355 e. The fourth-order valence-electron chi connectivity index (χ4n) is 5.84. The normalized spacial score (nSPS) is 23.4. The van der Waals surface area contributed by atoms with Gasteiger partial charge in [-0.15, -0.1) is 0 Å². The van der Waals surface area contributed by atoms with Gasteiger partial charge < -0.3 is 16.0 Å². The van der Waals surface area contributed by atoms with Crippen LogP contribution in [0.5, 0.6) is 0 Å². The van der Waals surface area contributed by atoms with Crippen LogP contribution in [-0.4, -0.2) is 35.3 Å². The molecular formula is C30H31Cl2N3O2. The Kier molecular flexibility index (Phi) is 7.84. The van der Waals surface area contributed by atoms with Crippen molar-refractivity contribution in [2.24, 2.45) is 5.73 Å². The van der Waals surface area contributed by atoms with E-state index in [-0.39, 0.29) is 23.9 Å². The molecule has 0 bridgehead atoms. The van der Waals surface area contributed by atoms with E-state index in [4.69, 9.17) is 28.9 Å². The number of benzene rings is 3. The van der Waals surface area contributed by atoms with Gasteiger partial charge in [0.1, 0.15) is 0 Å². The highest BCUT2D eigenvalue weighted by Crippen LogP contribution is 2.47. The SMILES string of the molecule is NC1CCCCC1N1C(=O)c2ccccc2C(C(=O)NCCc2ccccc2)C1c1ccc(Cl)cc1Cl. The van der Waals surface area contributed by atoms with Crippen LogP contribution in [0.1, 0.15) is 64.7 Å². The molecule has 1 saturated carbocycles. The summed E-state index contributed by atoms with van der Waals surface area (Å²) in [7, 11) is 0. The zero-order valence-electron chi connectivity index (χ0n) is 20.6. The third-order valence-corrected chi connectivity index (χ3v) is 8.20. The van der Waals surface area contributed by atoms with Gasteiger partial charge in [-0.2, -0.15) is 0 Å². The van der Waals surface area contributed by atoms with Crippen molar-refractivity contribution in [3.8, 4) is 0 Å². The lowest BCUT2D eigenvalue weighted by atomic mass is 9.76. The van der Waals surface area contributed by atoms with Crippen molar-refractivity contribution < 1.29 is 9.59 Å². The highest BCUT2D eigenvalue weighted by atomic mass is 35.5. The van der Waals surface area contributed by atoms with Gasteiger partial charge in [0.2, 0.25) is 5.91 Å². The number of hydrogen-bond donors (Lipinski definition) is 2. The van der Waals surface area contributed by atoms with Gasteiger partial charge in [-0.3, -0.25) is 9.59 Å². The number of amides is 2. The van der Waals surface area contributed by atoms with Crippen LogP contribution in [0.4, 0.5) is 0 Å². The van der Waals surface area contributed by atoms with Crippen LogP contribution in [0.2, 0.25) is 10.0 Å². The molecule has 0 aromatic heterocycles. The van der Waals surface area contributed by atoms with Gasteiger partial charge >= 0.3 is 0 Å². The number of fused-ring (bicyclic) bond motifs is 1. The smallest absolute Gasteiger partial charge is 0.255 e. The standard InChI is InChI=1S/C30H31Cl2N3O2/c31-20-14-15-23(24(32)18-20)28-27(29(36)34-17-16-19-8-2-1-3-9-19)21-10-4-5-11-22(21)30(37)35(28)26-13-7-6-12-25(26)33/h1-5,8-11,14-15,18,25-28H,6-7,12-13,16-17,33H2,(H,34,36). The Morgan fingerprint density at radius 3 is 2.43 bits per heavy atom. The summed E-state index contributed by atoms with van der Waals surface area (Å²) in [6.45, 7) is 0.486. The molecule has 3 aromatic rings. The summed E-state index contributed by atoms with van der Waals surface area (Å²) in [5, 5.41) is 4.08. The first-order valence-corrected chi connectivity index (χ1v) is 13.6. The third kappa shape index (κ3) is 5.26. The van der Waals surface area contributed by atoms with Crippen molar-refractivity contribution in [3.05, 3.63) is 105 Å². The van der Waals surface area contributed by atoms with E-state index in [1.807, 2.05) is 65.6 Å². The fraction of sp³-hybridized carbons (Fsp3) is 0.333. The monoisotopic (exact) mass is 535 g/mol. The number of nitrogens with zero attached hydrogens (tertiary/aromatic N) is 1. The van der Waals surface area contributed by atoms with E-state index >= 15 is 0 Å². The second-order valence-electron chi connectivity index (χ2n) is 9.93. The zero-order valence-corrected chi connectivity index (χ0v) is 22.1. The molecule has 1 aliphatic carbocycles. The number of halogens is 2. The Labute approximate surface area is 227 Å². The summed E-state index contributed by atoms with van der Waals surface area (Å²) in [5.74, 6) is -0.888. The largest absolute Gasteiger partial charge is 0.355 e. The molecule has 5 nitrogen and oxygen atoms in total.